The molecule has 0 saturated carbocycles. The van der Waals surface area contributed by atoms with Crippen molar-refractivity contribution in [1.82, 2.24) is 5.32 Å². The highest BCUT2D eigenvalue weighted by atomic mass is 79.9. The third-order valence-electron chi connectivity index (χ3n) is 4.71. The van der Waals surface area contributed by atoms with Gasteiger partial charge in [-0.1, -0.05) is 22.0 Å². The molecule has 0 bridgehead atoms. The molecule has 1 unspecified atom stereocenters. The van der Waals surface area contributed by atoms with Crippen molar-refractivity contribution in [2.45, 2.75) is 13.0 Å². The summed E-state index contributed by atoms with van der Waals surface area (Å²) in [4.78, 5) is 26.5. The van der Waals surface area contributed by atoms with Crippen molar-refractivity contribution in [2.75, 3.05) is 24.7 Å². The first-order chi connectivity index (χ1) is 13.1. The Morgan fingerprint density at radius 2 is 1.85 bits per heavy atom. The molecule has 0 aliphatic carbocycles. The summed E-state index contributed by atoms with van der Waals surface area (Å²) < 4.78 is 12.0. The molecule has 2 aliphatic heterocycles. The molecule has 4 rings (SSSR count). The van der Waals surface area contributed by atoms with Crippen molar-refractivity contribution in [2.24, 2.45) is 5.92 Å². The second-order valence-electron chi connectivity index (χ2n) is 6.58. The number of carbonyl (C=O) groups excluding carboxylic acids is 2. The van der Waals surface area contributed by atoms with Crippen molar-refractivity contribution in [3.05, 3.63) is 52.5 Å². The van der Waals surface area contributed by atoms with E-state index in [1.54, 1.807) is 4.90 Å². The molecule has 27 heavy (non-hydrogen) atoms. The Labute approximate surface area is 165 Å². The fraction of sp³-hybridized carbons (Fsp3) is 0.300. The molecule has 2 aromatic rings. The smallest absolute Gasteiger partial charge is 0.227 e. The van der Waals surface area contributed by atoms with Crippen molar-refractivity contribution >= 4 is 33.4 Å². The normalized spacial score (nSPS) is 18.5. The lowest BCUT2D eigenvalue weighted by Crippen LogP contribution is -2.32. The zero-order valence-electron chi connectivity index (χ0n) is 14.6. The number of hydrogen-bond acceptors (Lipinski definition) is 4. The molecule has 140 valence electrons. The van der Waals surface area contributed by atoms with Gasteiger partial charge in [0.2, 0.25) is 11.8 Å². The van der Waals surface area contributed by atoms with Crippen molar-refractivity contribution in [3.63, 3.8) is 0 Å². The number of ether oxygens (including phenoxy) is 2. The minimum Gasteiger partial charge on any atom is -0.486 e. The molecule has 1 saturated heterocycles. The van der Waals surface area contributed by atoms with Gasteiger partial charge in [0.25, 0.3) is 0 Å². The van der Waals surface area contributed by atoms with E-state index < -0.39 is 0 Å². The Morgan fingerprint density at radius 1 is 1.11 bits per heavy atom. The number of fused-ring (bicyclic) bond motifs is 1. The molecule has 0 radical (unpaired) electrons. The maximum Gasteiger partial charge on any atom is 0.227 e. The van der Waals surface area contributed by atoms with Crippen LogP contribution in [0.2, 0.25) is 0 Å². The SMILES string of the molecule is O=C(NCc1ccc2c(c1)OCCO2)C1CC(=O)N(c2ccc(Br)cc2)C1. The van der Waals surface area contributed by atoms with Crippen LogP contribution in [0.4, 0.5) is 5.69 Å². The first kappa shape index (κ1) is 17.9. The number of hydrogen-bond donors (Lipinski definition) is 1. The minimum atomic E-state index is -0.349. The Kier molecular flexibility index (Phi) is 5.03. The van der Waals surface area contributed by atoms with E-state index in [0.717, 1.165) is 21.5 Å². The number of rotatable bonds is 4. The van der Waals surface area contributed by atoms with Crippen LogP contribution in [0.3, 0.4) is 0 Å². The van der Waals surface area contributed by atoms with Gasteiger partial charge in [-0.15, -0.1) is 0 Å². The molecule has 2 heterocycles. The second-order valence-corrected chi connectivity index (χ2v) is 7.49. The first-order valence-electron chi connectivity index (χ1n) is 8.82. The van der Waals surface area contributed by atoms with Gasteiger partial charge in [0, 0.05) is 29.7 Å². The van der Waals surface area contributed by atoms with Gasteiger partial charge in [-0.05, 0) is 42.0 Å². The number of nitrogens with zero attached hydrogens (tertiary/aromatic N) is 1. The minimum absolute atomic E-state index is 0.0307. The van der Waals surface area contributed by atoms with Crippen LogP contribution in [0.15, 0.2) is 46.9 Å². The maximum atomic E-state index is 12.5. The van der Waals surface area contributed by atoms with Gasteiger partial charge >= 0.3 is 0 Å². The van der Waals surface area contributed by atoms with E-state index in [9.17, 15) is 9.59 Å². The zero-order valence-corrected chi connectivity index (χ0v) is 16.2. The van der Waals surface area contributed by atoms with Gasteiger partial charge in [0.15, 0.2) is 11.5 Å². The van der Waals surface area contributed by atoms with Crippen molar-refractivity contribution in [3.8, 4) is 11.5 Å². The molecule has 1 fully saturated rings. The summed E-state index contributed by atoms with van der Waals surface area (Å²) in [5.74, 6) is 0.932. The largest absolute Gasteiger partial charge is 0.486 e. The van der Waals surface area contributed by atoms with Gasteiger partial charge in [0.05, 0.1) is 5.92 Å². The van der Waals surface area contributed by atoms with E-state index in [2.05, 4.69) is 21.2 Å². The van der Waals surface area contributed by atoms with Crippen LogP contribution >= 0.6 is 15.9 Å². The predicted octanol–water partition coefficient (Wildman–Crippen LogP) is 2.89. The third-order valence-corrected chi connectivity index (χ3v) is 5.24. The van der Waals surface area contributed by atoms with E-state index in [0.29, 0.717) is 32.1 Å². The Morgan fingerprint density at radius 3 is 2.63 bits per heavy atom. The molecule has 0 aromatic heterocycles. The van der Waals surface area contributed by atoms with E-state index >= 15 is 0 Å². The fourth-order valence-corrected chi connectivity index (χ4v) is 3.55. The summed E-state index contributed by atoms with van der Waals surface area (Å²) in [6, 6.07) is 13.2. The number of anilines is 1. The van der Waals surface area contributed by atoms with Crippen molar-refractivity contribution < 1.29 is 19.1 Å². The molecule has 2 amide bonds. The van der Waals surface area contributed by atoms with Crippen LogP contribution < -0.4 is 19.7 Å². The van der Waals surface area contributed by atoms with E-state index in [-0.39, 0.29) is 24.2 Å². The second kappa shape index (κ2) is 7.60. The first-order valence-corrected chi connectivity index (χ1v) is 9.61. The lowest BCUT2D eigenvalue weighted by atomic mass is 10.1. The number of carbonyl (C=O) groups is 2. The molecule has 2 aromatic carbocycles. The van der Waals surface area contributed by atoms with Crippen LogP contribution in [0.5, 0.6) is 11.5 Å². The highest BCUT2D eigenvalue weighted by Gasteiger charge is 2.35. The average molecular weight is 431 g/mol. The van der Waals surface area contributed by atoms with Gasteiger partial charge in [-0.2, -0.15) is 0 Å². The molecular formula is C20H19BrN2O4. The van der Waals surface area contributed by atoms with Gasteiger partial charge in [0.1, 0.15) is 13.2 Å². The molecule has 7 heteroatoms. The van der Waals surface area contributed by atoms with Gasteiger partial charge in [-0.3, -0.25) is 9.59 Å². The topological polar surface area (TPSA) is 67.9 Å². The quantitative estimate of drug-likeness (QED) is 0.809. The summed E-state index contributed by atoms with van der Waals surface area (Å²) in [7, 11) is 0. The average Bonchev–Trinajstić information content (AvgIpc) is 3.08. The molecular weight excluding hydrogens is 412 g/mol. The molecule has 1 N–H and O–H groups in total. The number of nitrogens with one attached hydrogen (secondary N) is 1. The highest BCUT2D eigenvalue weighted by molar-refractivity contribution is 9.10. The van der Waals surface area contributed by atoms with Gasteiger partial charge in [-0.25, -0.2) is 0 Å². The molecule has 6 nitrogen and oxygen atoms in total. The summed E-state index contributed by atoms with van der Waals surface area (Å²) in [6.07, 6.45) is 0.225. The lowest BCUT2D eigenvalue weighted by Gasteiger charge is -2.19. The molecule has 2 aliphatic rings. The summed E-state index contributed by atoms with van der Waals surface area (Å²) in [5, 5.41) is 2.93. The summed E-state index contributed by atoms with van der Waals surface area (Å²) in [5.41, 5.74) is 1.74. The van der Waals surface area contributed by atoms with Crippen LogP contribution in [0.1, 0.15) is 12.0 Å². The highest BCUT2D eigenvalue weighted by Crippen LogP contribution is 2.31. The van der Waals surface area contributed by atoms with E-state index in [1.807, 2.05) is 42.5 Å². The standard InChI is InChI=1S/C20H19BrN2O4/c21-15-2-4-16(5-3-15)23-12-14(10-19(23)24)20(25)22-11-13-1-6-17-18(9-13)27-8-7-26-17/h1-6,9,14H,7-8,10-12H2,(H,22,25). The molecule has 1 atom stereocenters. The summed E-state index contributed by atoms with van der Waals surface area (Å²) >= 11 is 3.39. The third kappa shape index (κ3) is 3.93. The Bertz CT molecular complexity index is 869. The lowest BCUT2D eigenvalue weighted by molar-refractivity contribution is -0.126. The number of halogens is 1. The zero-order chi connectivity index (χ0) is 18.8. The number of benzene rings is 2. The Hall–Kier alpha value is -2.54. The van der Waals surface area contributed by atoms with Gasteiger partial charge < -0.3 is 19.7 Å². The fourth-order valence-electron chi connectivity index (χ4n) is 3.29. The number of amides is 2. The monoisotopic (exact) mass is 430 g/mol. The van der Waals surface area contributed by atoms with Crippen LogP contribution in [-0.4, -0.2) is 31.6 Å². The van der Waals surface area contributed by atoms with Crippen LogP contribution in [0.25, 0.3) is 0 Å². The Balaban J connectivity index is 1.36. The van der Waals surface area contributed by atoms with Crippen LogP contribution in [0, 0.1) is 5.92 Å². The predicted molar refractivity (Wildman–Crippen MR) is 104 cm³/mol. The van der Waals surface area contributed by atoms with Crippen LogP contribution in [-0.2, 0) is 16.1 Å². The molecule has 0 spiro atoms. The van der Waals surface area contributed by atoms with E-state index in [1.165, 1.54) is 0 Å². The summed E-state index contributed by atoms with van der Waals surface area (Å²) in [6.45, 7) is 1.86. The van der Waals surface area contributed by atoms with Crippen molar-refractivity contribution in [1.29, 1.82) is 0 Å². The van der Waals surface area contributed by atoms with E-state index in [4.69, 9.17) is 9.47 Å². The maximum absolute atomic E-state index is 12.5.